The Kier molecular flexibility index (Phi) is 5.59. The fraction of sp³-hybridized carbons (Fsp3) is 0.227. The minimum Gasteiger partial charge on any atom is -0.478 e. The number of halogens is 1. The van der Waals surface area contributed by atoms with Gasteiger partial charge >= 0.3 is 0 Å². The molecule has 6 nitrogen and oxygen atoms in total. The number of H-pyrrole nitrogens is 1. The van der Waals surface area contributed by atoms with E-state index in [1.807, 2.05) is 31.2 Å². The van der Waals surface area contributed by atoms with Crippen LogP contribution in [-0.2, 0) is 0 Å². The van der Waals surface area contributed by atoms with E-state index in [9.17, 15) is 9.18 Å². The average molecular weight is 425 g/mol. The Bertz CT molecular complexity index is 1200. The Balaban J connectivity index is 1.47. The predicted molar refractivity (Wildman–Crippen MR) is 112 cm³/mol. The number of rotatable bonds is 7. The molecule has 0 aliphatic heterocycles. The van der Waals surface area contributed by atoms with Gasteiger partial charge < -0.3 is 14.1 Å². The lowest BCUT2D eigenvalue weighted by atomic mass is 10.1. The van der Waals surface area contributed by atoms with E-state index in [1.54, 1.807) is 26.0 Å². The van der Waals surface area contributed by atoms with Crippen LogP contribution < -0.4 is 4.74 Å². The molecule has 0 aliphatic carbocycles. The molecule has 0 unspecified atom stereocenters. The Morgan fingerprint density at radius 1 is 1.13 bits per heavy atom. The molecule has 2 heterocycles. The summed E-state index contributed by atoms with van der Waals surface area (Å²) in [5.74, 6) is -0.170. The molecule has 0 fully saturated rings. The van der Waals surface area contributed by atoms with Crippen molar-refractivity contribution in [3.63, 3.8) is 0 Å². The van der Waals surface area contributed by atoms with Gasteiger partial charge in [0.2, 0.25) is 0 Å². The van der Waals surface area contributed by atoms with Gasteiger partial charge in [-0.2, -0.15) is 0 Å². The van der Waals surface area contributed by atoms with Crippen molar-refractivity contribution in [2.75, 3.05) is 0 Å². The van der Waals surface area contributed by atoms with E-state index < -0.39 is 17.2 Å². The number of ether oxygens (including phenoxy) is 1. The highest BCUT2D eigenvalue weighted by Gasteiger charge is 2.25. The summed E-state index contributed by atoms with van der Waals surface area (Å²) < 4.78 is 25.0. The monoisotopic (exact) mass is 425 g/mol. The lowest BCUT2D eigenvalue weighted by molar-refractivity contribution is 0.0994. The molecular weight excluding hydrogens is 405 g/mol. The van der Waals surface area contributed by atoms with Crippen LogP contribution in [0.3, 0.4) is 0 Å². The van der Waals surface area contributed by atoms with Gasteiger partial charge in [0.25, 0.3) is 11.1 Å². The van der Waals surface area contributed by atoms with Crippen LogP contribution in [0.15, 0.2) is 58.2 Å². The first-order chi connectivity index (χ1) is 14.4. The number of benzene rings is 2. The number of carbonyl (C=O) groups excluding carboxylic acids is 1. The summed E-state index contributed by atoms with van der Waals surface area (Å²) in [5.41, 5.74) is 2.42. The molecule has 154 valence electrons. The van der Waals surface area contributed by atoms with Crippen molar-refractivity contribution in [3.05, 3.63) is 71.5 Å². The number of hydrogen-bond donors (Lipinski definition) is 1. The van der Waals surface area contributed by atoms with Crippen LogP contribution in [0.1, 0.15) is 41.9 Å². The largest absolute Gasteiger partial charge is 0.478 e. The highest BCUT2D eigenvalue weighted by atomic mass is 32.2. The van der Waals surface area contributed by atoms with Gasteiger partial charge in [-0.25, -0.2) is 4.39 Å². The number of nitrogens with zero attached hydrogens (tertiary/aromatic N) is 2. The molecule has 0 amide bonds. The molecule has 30 heavy (non-hydrogen) atoms. The second kappa shape index (κ2) is 8.31. The first kappa shape index (κ1) is 20.2. The van der Waals surface area contributed by atoms with Gasteiger partial charge in [-0.1, -0.05) is 42.1 Å². The summed E-state index contributed by atoms with van der Waals surface area (Å²) in [6.45, 7) is 5.38. The van der Waals surface area contributed by atoms with Crippen LogP contribution in [0.4, 0.5) is 4.39 Å². The first-order valence-electron chi connectivity index (χ1n) is 9.46. The molecule has 0 spiro atoms. The maximum Gasteiger partial charge on any atom is 0.277 e. The second-order valence-corrected chi connectivity index (χ2v) is 8.18. The number of fused-ring (bicyclic) bond motifs is 1. The number of ketones is 1. The summed E-state index contributed by atoms with van der Waals surface area (Å²) in [4.78, 5) is 16.3. The summed E-state index contributed by atoms with van der Waals surface area (Å²) in [6, 6.07) is 13.8. The molecule has 2 atom stereocenters. The van der Waals surface area contributed by atoms with E-state index in [0.717, 1.165) is 16.6 Å². The van der Waals surface area contributed by atoms with Crippen molar-refractivity contribution >= 4 is 28.4 Å². The zero-order chi connectivity index (χ0) is 21.3. The Hall–Kier alpha value is -3.13. The molecule has 0 aliphatic rings. The molecule has 8 heteroatoms. The summed E-state index contributed by atoms with van der Waals surface area (Å²) in [5, 5.41) is 8.70. The number of nitrogens with one attached hydrogen (secondary N) is 1. The van der Waals surface area contributed by atoms with Crippen LogP contribution in [0.5, 0.6) is 5.75 Å². The maximum atomic E-state index is 13.8. The normalized spacial score (nSPS) is 13.3. The van der Waals surface area contributed by atoms with Crippen molar-refractivity contribution in [3.8, 4) is 5.75 Å². The van der Waals surface area contributed by atoms with Crippen molar-refractivity contribution < 1.29 is 18.3 Å². The average Bonchev–Trinajstić information content (AvgIpc) is 3.32. The van der Waals surface area contributed by atoms with Gasteiger partial charge in [0.1, 0.15) is 0 Å². The molecule has 0 bridgehead atoms. The van der Waals surface area contributed by atoms with Crippen molar-refractivity contribution in [2.24, 2.45) is 0 Å². The Morgan fingerprint density at radius 3 is 2.67 bits per heavy atom. The molecule has 2 aromatic heterocycles. The van der Waals surface area contributed by atoms with Crippen LogP contribution in [0.25, 0.3) is 10.9 Å². The third-order valence-corrected chi connectivity index (χ3v) is 5.63. The lowest BCUT2D eigenvalue weighted by Crippen LogP contribution is -2.14. The zero-order valence-electron chi connectivity index (χ0n) is 16.7. The number of Topliss-reactive ketones (excluding diaryl/α,β-unsaturated/α-hetero) is 1. The Labute approximate surface area is 176 Å². The van der Waals surface area contributed by atoms with E-state index in [4.69, 9.17) is 9.15 Å². The highest BCUT2D eigenvalue weighted by Crippen LogP contribution is 2.31. The summed E-state index contributed by atoms with van der Waals surface area (Å²) in [7, 11) is 0. The van der Waals surface area contributed by atoms with Gasteiger partial charge in [-0.05, 0) is 39.0 Å². The lowest BCUT2D eigenvalue weighted by Gasteiger charge is -2.11. The summed E-state index contributed by atoms with van der Waals surface area (Å²) >= 11 is 1.18. The number of para-hydroxylation sites is 2. The predicted octanol–water partition coefficient (Wildman–Crippen LogP) is 5.50. The molecule has 0 radical (unpaired) electrons. The third kappa shape index (κ3) is 3.95. The standard InChI is InChI=1S/C22H20FN3O3S/c1-12-19(15-8-4-6-10-17(15)24-12)20(27)14(3)30-22-26-25-21(29-22)13(2)28-18-11-7-5-9-16(18)23/h4-11,13-14,24H,1-3H3/t13-,14+/m0/s1. The minimum absolute atomic E-state index is 0.0228. The van der Waals surface area contributed by atoms with Crippen LogP contribution in [0, 0.1) is 12.7 Å². The Morgan fingerprint density at radius 2 is 1.87 bits per heavy atom. The van der Waals surface area contributed by atoms with Gasteiger partial charge in [0.05, 0.1) is 5.25 Å². The molecular formula is C22H20FN3O3S. The zero-order valence-corrected chi connectivity index (χ0v) is 17.5. The van der Waals surface area contributed by atoms with Gasteiger partial charge in [-0.15, -0.1) is 10.2 Å². The number of aromatic amines is 1. The van der Waals surface area contributed by atoms with Gasteiger partial charge in [0, 0.05) is 22.2 Å². The van der Waals surface area contributed by atoms with E-state index in [2.05, 4.69) is 15.2 Å². The van der Waals surface area contributed by atoms with Crippen LogP contribution >= 0.6 is 11.8 Å². The number of hydrogen-bond acceptors (Lipinski definition) is 6. The van der Waals surface area contributed by atoms with Gasteiger partial charge in [-0.3, -0.25) is 4.79 Å². The number of carbonyl (C=O) groups is 1. The minimum atomic E-state index is -0.634. The molecule has 2 aromatic carbocycles. The van der Waals surface area contributed by atoms with E-state index >= 15 is 0 Å². The van der Waals surface area contributed by atoms with E-state index in [1.165, 1.54) is 23.9 Å². The molecule has 4 aromatic rings. The number of aryl methyl sites for hydroxylation is 1. The van der Waals surface area contributed by atoms with Crippen molar-refractivity contribution in [1.29, 1.82) is 0 Å². The molecule has 1 N–H and O–H groups in total. The molecule has 4 rings (SSSR count). The fourth-order valence-corrected chi connectivity index (χ4v) is 3.96. The molecule has 0 saturated heterocycles. The summed E-state index contributed by atoms with van der Waals surface area (Å²) in [6.07, 6.45) is -0.634. The van der Waals surface area contributed by atoms with Crippen LogP contribution in [-0.4, -0.2) is 26.2 Å². The fourth-order valence-electron chi connectivity index (χ4n) is 3.22. The maximum absolute atomic E-state index is 13.8. The van der Waals surface area contributed by atoms with Crippen LogP contribution in [0.2, 0.25) is 0 Å². The highest BCUT2D eigenvalue weighted by molar-refractivity contribution is 8.00. The quantitative estimate of drug-likeness (QED) is 0.311. The number of aromatic nitrogens is 3. The number of thioether (sulfide) groups is 1. The smallest absolute Gasteiger partial charge is 0.277 e. The first-order valence-corrected chi connectivity index (χ1v) is 10.3. The third-order valence-electron chi connectivity index (χ3n) is 4.70. The van der Waals surface area contributed by atoms with Gasteiger partial charge in [0.15, 0.2) is 23.5 Å². The molecule has 0 saturated carbocycles. The SMILES string of the molecule is Cc1[nH]c2ccccc2c1C(=O)[C@@H](C)Sc1nnc([C@H](C)Oc2ccccc2F)o1. The van der Waals surface area contributed by atoms with Crippen molar-refractivity contribution in [2.45, 2.75) is 37.3 Å². The topological polar surface area (TPSA) is 81.0 Å². The van der Waals surface area contributed by atoms with E-state index in [0.29, 0.717) is 5.56 Å². The van der Waals surface area contributed by atoms with E-state index in [-0.39, 0.29) is 22.6 Å². The van der Waals surface area contributed by atoms with Crippen molar-refractivity contribution in [1.82, 2.24) is 15.2 Å². The second-order valence-electron chi connectivity index (χ2n) is 6.89.